The van der Waals surface area contributed by atoms with Gasteiger partial charge in [-0.15, -0.1) is 0 Å². The minimum Gasteiger partial charge on any atom is -0.497 e. The Kier molecular flexibility index (Phi) is 4.54. The van der Waals surface area contributed by atoms with Gasteiger partial charge in [0.05, 0.1) is 7.11 Å². The van der Waals surface area contributed by atoms with Crippen LogP contribution in [0, 0.1) is 0 Å². The molecule has 0 radical (unpaired) electrons. The van der Waals surface area contributed by atoms with Crippen LogP contribution in [-0.4, -0.2) is 30.8 Å². The maximum absolute atomic E-state index is 6.52. The number of nitrogens with two attached hydrogens (primary N) is 1. The van der Waals surface area contributed by atoms with Gasteiger partial charge < -0.3 is 15.2 Å². The van der Waals surface area contributed by atoms with E-state index in [1.54, 1.807) is 7.11 Å². The molecule has 2 atom stereocenters. The van der Waals surface area contributed by atoms with Gasteiger partial charge in [0.2, 0.25) is 0 Å². The first kappa shape index (κ1) is 14.2. The Bertz CT molecular complexity index is 460. The topological polar surface area (TPSA) is 44.5 Å². The molecule has 2 unspecified atom stereocenters. The molecular formula is C16H23NO2S. The Hall–Kier alpha value is -0.710. The third-order valence-electron chi connectivity index (χ3n) is 4.35. The first-order chi connectivity index (χ1) is 9.78. The van der Waals surface area contributed by atoms with E-state index in [9.17, 15) is 0 Å². The normalized spacial score (nSPS) is 27.1. The maximum Gasteiger partial charge on any atom is 0.119 e. The van der Waals surface area contributed by atoms with Crippen LogP contribution < -0.4 is 10.5 Å². The number of benzene rings is 1. The van der Waals surface area contributed by atoms with Gasteiger partial charge in [0, 0.05) is 29.8 Å². The van der Waals surface area contributed by atoms with Crippen molar-refractivity contribution in [3.8, 4) is 5.75 Å². The van der Waals surface area contributed by atoms with Gasteiger partial charge in [0.25, 0.3) is 0 Å². The van der Waals surface area contributed by atoms with Gasteiger partial charge in [-0.05, 0) is 48.9 Å². The molecule has 0 bridgehead atoms. The van der Waals surface area contributed by atoms with Crippen LogP contribution in [0.4, 0.5) is 0 Å². The quantitative estimate of drug-likeness (QED) is 0.930. The first-order valence-corrected chi connectivity index (χ1v) is 8.38. The van der Waals surface area contributed by atoms with Crippen molar-refractivity contribution in [2.45, 2.75) is 42.2 Å². The van der Waals surface area contributed by atoms with Crippen molar-refractivity contribution in [1.82, 2.24) is 0 Å². The highest BCUT2D eigenvalue weighted by Crippen LogP contribution is 2.40. The Morgan fingerprint density at radius 1 is 1.25 bits per heavy atom. The van der Waals surface area contributed by atoms with Gasteiger partial charge >= 0.3 is 0 Å². The smallest absolute Gasteiger partial charge is 0.119 e. The highest BCUT2D eigenvalue weighted by Gasteiger charge is 2.30. The molecule has 1 aliphatic carbocycles. The lowest BCUT2D eigenvalue weighted by Crippen LogP contribution is -2.32. The number of methoxy groups -OCH3 is 1. The van der Waals surface area contributed by atoms with E-state index in [-0.39, 0.29) is 6.04 Å². The summed E-state index contributed by atoms with van der Waals surface area (Å²) in [6.07, 6.45) is 4.65. The molecule has 1 heterocycles. The average molecular weight is 293 g/mol. The van der Waals surface area contributed by atoms with Crippen LogP contribution in [0.2, 0.25) is 0 Å². The number of ether oxygens (including phenoxy) is 2. The van der Waals surface area contributed by atoms with E-state index in [1.807, 2.05) is 6.07 Å². The average Bonchev–Trinajstić information content (AvgIpc) is 2.51. The Morgan fingerprint density at radius 2 is 2.05 bits per heavy atom. The van der Waals surface area contributed by atoms with E-state index in [0.717, 1.165) is 25.4 Å². The molecule has 20 heavy (non-hydrogen) atoms. The van der Waals surface area contributed by atoms with Crippen LogP contribution in [-0.2, 0) is 11.2 Å². The molecule has 110 valence electrons. The van der Waals surface area contributed by atoms with Gasteiger partial charge in [0.15, 0.2) is 0 Å². The molecule has 3 rings (SSSR count). The van der Waals surface area contributed by atoms with Crippen molar-refractivity contribution in [2.24, 2.45) is 5.73 Å². The Morgan fingerprint density at radius 3 is 2.80 bits per heavy atom. The number of rotatable bonds is 3. The monoisotopic (exact) mass is 293 g/mol. The molecule has 1 saturated heterocycles. The molecule has 1 aliphatic heterocycles. The van der Waals surface area contributed by atoms with E-state index >= 15 is 0 Å². The largest absolute Gasteiger partial charge is 0.497 e. The van der Waals surface area contributed by atoms with Crippen LogP contribution in [0.15, 0.2) is 18.2 Å². The van der Waals surface area contributed by atoms with E-state index < -0.39 is 0 Å². The second-order valence-electron chi connectivity index (χ2n) is 5.62. The second-order valence-corrected chi connectivity index (χ2v) is 7.16. The molecule has 1 aromatic rings. The van der Waals surface area contributed by atoms with Crippen molar-refractivity contribution < 1.29 is 9.47 Å². The van der Waals surface area contributed by atoms with Crippen LogP contribution in [0.3, 0.4) is 0 Å². The third kappa shape index (κ3) is 2.97. The molecule has 1 fully saturated rings. The highest BCUT2D eigenvalue weighted by molar-refractivity contribution is 8.00. The zero-order valence-electron chi connectivity index (χ0n) is 12.0. The molecule has 1 aromatic carbocycles. The molecule has 0 amide bonds. The van der Waals surface area contributed by atoms with Crippen molar-refractivity contribution in [2.75, 3.05) is 20.3 Å². The SMILES string of the molecule is COc1ccc2c(c1)C(N)C(SC1CCOCC1)CC2. The molecule has 0 spiro atoms. The minimum atomic E-state index is 0.127. The molecule has 2 aliphatic rings. The summed E-state index contributed by atoms with van der Waals surface area (Å²) in [6, 6.07) is 6.46. The van der Waals surface area contributed by atoms with Crippen molar-refractivity contribution in [1.29, 1.82) is 0 Å². The minimum absolute atomic E-state index is 0.127. The zero-order chi connectivity index (χ0) is 13.9. The summed E-state index contributed by atoms with van der Waals surface area (Å²) in [7, 11) is 1.71. The Balaban J connectivity index is 1.72. The van der Waals surface area contributed by atoms with Gasteiger partial charge in [0.1, 0.15) is 5.75 Å². The standard InChI is InChI=1S/C16H23NO2S/c1-18-12-4-2-11-3-5-15(16(17)14(11)10-12)20-13-6-8-19-9-7-13/h2,4,10,13,15-16H,3,5-9,17H2,1H3. The predicted octanol–water partition coefficient (Wildman–Crippen LogP) is 2.92. The lowest BCUT2D eigenvalue weighted by atomic mass is 9.87. The lowest BCUT2D eigenvalue weighted by Gasteiger charge is -2.34. The summed E-state index contributed by atoms with van der Waals surface area (Å²) in [5, 5.41) is 1.24. The van der Waals surface area contributed by atoms with Crippen molar-refractivity contribution >= 4 is 11.8 Å². The summed E-state index contributed by atoms with van der Waals surface area (Å²) in [5.41, 5.74) is 9.19. The van der Waals surface area contributed by atoms with Crippen LogP contribution in [0.5, 0.6) is 5.75 Å². The molecule has 0 saturated carbocycles. The first-order valence-electron chi connectivity index (χ1n) is 7.43. The van der Waals surface area contributed by atoms with E-state index in [2.05, 4.69) is 23.9 Å². The number of thioether (sulfide) groups is 1. The van der Waals surface area contributed by atoms with Gasteiger partial charge in [-0.2, -0.15) is 11.8 Å². The molecule has 2 N–H and O–H groups in total. The Labute approximate surface area is 125 Å². The summed E-state index contributed by atoms with van der Waals surface area (Å²) in [4.78, 5) is 0. The number of hydrogen-bond donors (Lipinski definition) is 1. The molecule has 3 nitrogen and oxygen atoms in total. The van der Waals surface area contributed by atoms with Crippen molar-refractivity contribution in [3.05, 3.63) is 29.3 Å². The van der Waals surface area contributed by atoms with Crippen LogP contribution in [0.1, 0.15) is 36.4 Å². The molecule has 0 aromatic heterocycles. The van der Waals surface area contributed by atoms with E-state index in [0.29, 0.717) is 10.5 Å². The fourth-order valence-electron chi connectivity index (χ4n) is 3.13. The number of aryl methyl sites for hydroxylation is 1. The fraction of sp³-hybridized carbons (Fsp3) is 0.625. The lowest BCUT2D eigenvalue weighted by molar-refractivity contribution is 0.0999. The molecule has 4 heteroatoms. The maximum atomic E-state index is 6.52. The number of fused-ring (bicyclic) bond motifs is 1. The van der Waals surface area contributed by atoms with Crippen LogP contribution >= 0.6 is 11.8 Å². The summed E-state index contributed by atoms with van der Waals surface area (Å²) in [6.45, 7) is 1.81. The summed E-state index contributed by atoms with van der Waals surface area (Å²) < 4.78 is 10.8. The van der Waals surface area contributed by atoms with E-state index in [1.165, 1.54) is 30.4 Å². The second kappa shape index (κ2) is 6.37. The molecular weight excluding hydrogens is 270 g/mol. The third-order valence-corrected chi connectivity index (χ3v) is 6.08. The zero-order valence-corrected chi connectivity index (χ0v) is 12.8. The highest BCUT2D eigenvalue weighted by atomic mass is 32.2. The van der Waals surface area contributed by atoms with Gasteiger partial charge in [-0.3, -0.25) is 0 Å². The predicted molar refractivity (Wildman–Crippen MR) is 83.5 cm³/mol. The van der Waals surface area contributed by atoms with E-state index in [4.69, 9.17) is 15.2 Å². The van der Waals surface area contributed by atoms with Crippen LogP contribution in [0.25, 0.3) is 0 Å². The summed E-state index contributed by atoms with van der Waals surface area (Å²) >= 11 is 2.08. The van der Waals surface area contributed by atoms with Gasteiger partial charge in [-0.25, -0.2) is 0 Å². The number of hydrogen-bond acceptors (Lipinski definition) is 4. The fourth-order valence-corrected chi connectivity index (χ4v) is 4.66. The van der Waals surface area contributed by atoms with Gasteiger partial charge in [-0.1, -0.05) is 6.07 Å². The van der Waals surface area contributed by atoms with Crippen molar-refractivity contribution in [3.63, 3.8) is 0 Å². The summed E-state index contributed by atoms with van der Waals surface area (Å²) in [5.74, 6) is 0.913.